The molecule has 0 spiro atoms. The first-order valence-corrected chi connectivity index (χ1v) is 5.78. The summed E-state index contributed by atoms with van der Waals surface area (Å²) in [6.07, 6.45) is 0. The van der Waals surface area contributed by atoms with Crippen LogP contribution in [0.25, 0.3) is 0 Å². The van der Waals surface area contributed by atoms with Crippen LogP contribution in [0.5, 0.6) is 0 Å². The van der Waals surface area contributed by atoms with Crippen molar-refractivity contribution < 1.29 is 22.5 Å². The van der Waals surface area contributed by atoms with Crippen molar-refractivity contribution in [2.24, 2.45) is 0 Å². The van der Waals surface area contributed by atoms with Gasteiger partial charge in [0.15, 0.2) is 5.78 Å². The molecule has 2 N–H and O–H groups in total. The molecule has 2 rings (SSSR count). The quantitative estimate of drug-likeness (QED) is 0.676. The van der Waals surface area contributed by atoms with E-state index in [1.165, 1.54) is 5.56 Å². The normalized spacial score (nSPS) is 9.61. The molecule has 3 heteroatoms. The van der Waals surface area contributed by atoms with Crippen LogP contribution >= 0.6 is 0 Å². The van der Waals surface area contributed by atoms with Crippen molar-refractivity contribution in [3.63, 3.8) is 0 Å². The Morgan fingerprint density at radius 3 is 2.33 bits per heavy atom. The molecule has 0 aromatic heterocycles. The lowest BCUT2D eigenvalue weighted by Gasteiger charge is -2.03. The van der Waals surface area contributed by atoms with Crippen LogP contribution in [0.3, 0.4) is 0 Å². The third-order valence-corrected chi connectivity index (χ3v) is 2.66. The van der Waals surface area contributed by atoms with Gasteiger partial charge in [0.05, 0.1) is 7.05 Å². The van der Waals surface area contributed by atoms with Gasteiger partial charge in [-0.1, -0.05) is 48.5 Å². The standard InChI is InChI=1S/C15H15NO.ClH/c1-16-11-12-6-5-9-14(10-12)15(17)13-7-3-2-4-8-13;/h2-10,16H,11H2,1H3;1H. The summed E-state index contributed by atoms with van der Waals surface area (Å²) in [4.78, 5) is 12.2. The van der Waals surface area contributed by atoms with Gasteiger partial charge in [0.2, 0.25) is 0 Å². The summed E-state index contributed by atoms with van der Waals surface area (Å²) >= 11 is 0. The summed E-state index contributed by atoms with van der Waals surface area (Å²) in [7, 11) is 2.02. The Balaban J connectivity index is 0.00000162. The van der Waals surface area contributed by atoms with Crippen molar-refractivity contribution in [1.82, 2.24) is 0 Å². The van der Waals surface area contributed by atoms with Crippen molar-refractivity contribution in [2.45, 2.75) is 6.54 Å². The number of hydrogen-bond donors (Lipinski definition) is 1. The molecule has 94 valence electrons. The zero-order valence-electron chi connectivity index (χ0n) is 10.3. The highest BCUT2D eigenvalue weighted by Gasteiger charge is 2.08. The predicted octanol–water partition coefficient (Wildman–Crippen LogP) is -1.39. The highest BCUT2D eigenvalue weighted by atomic mass is 35.5. The topological polar surface area (TPSA) is 33.7 Å². The molecular formula is C15H16ClNO. The molecular weight excluding hydrogens is 246 g/mol. The SMILES string of the molecule is C[NH2+]Cc1cccc(C(=O)c2ccccc2)c1.[Cl-]. The van der Waals surface area contributed by atoms with Gasteiger partial charge in [0.25, 0.3) is 0 Å². The lowest BCUT2D eigenvalue weighted by Crippen LogP contribution is -3.00. The highest BCUT2D eigenvalue weighted by Crippen LogP contribution is 2.11. The zero-order valence-corrected chi connectivity index (χ0v) is 11.0. The fourth-order valence-electron chi connectivity index (χ4n) is 1.83. The van der Waals surface area contributed by atoms with E-state index in [2.05, 4.69) is 5.32 Å². The number of carbonyl (C=O) groups excluding carboxylic acids is 1. The number of ketones is 1. The van der Waals surface area contributed by atoms with Crippen molar-refractivity contribution in [1.29, 1.82) is 0 Å². The largest absolute Gasteiger partial charge is 1.00 e. The fraction of sp³-hybridized carbons (Fsp3) is 0.133. The second kappa shape index (κ2) is 6.94. The van der Waals surface area contributed by atoms with Crippen molar-refractivity contribution in [3.05, 3.63) is 71.3 Å². The van der Waals surface area contributed by atoms with E-state index in [0.717, 1.165) is 17.7 Å². The Labute approximate surface area is 113 Å². The zero-order chi connectivity index (χ0) is 12.1. The average Bonchev–Trinajstić information content (AvgIpc) is 2.40. The van der Waals surface area contributed by atoms with Crippen LogP contribution in [0.1, 0.15) is 21.5 Å². The van der Waals surface area contributed by atoms with Crippen LogP contribution in [0.15, 0.2) is 54.6 Å². The van der Waals surface area contributed by atoms with Gasteiger partial charge in [-0.3, -0.25) is 4.79 Å². The molecule has 0 aliphatic heterocycles. The predicted molar refractivity (Wildman–Crippen MR) is 67.9 cm³/mol. The molecule has 2 nitrogen and oxygen atoms in total. The molecule has 0 radical (unpaired) electrons. The Morgan fingerprint density at radius 2 is 1.67 bits per heavy atom. The average molecular weight is 262 g/mol. The molecule has 0 amide bonds. The van der Waals surface area contributed by atoms with Crippen LogP contribution < -0.4 is 17.7 Å². The van der Waals surface area contributed by atoms with Crippen molar-refractivity contribution in [2.75, 3.05) is 7.05 Å². The third kappa shape index (κ3) is 3.42. The first-order chi connectivity index (χ1) is 8.31. The third-order valence-electron chi connectivity index (χ3n) is 2.66. The molecule has 0 unspecified atom stereocenters. The van der Waals surface area contributed by atoms with Crippen LogP contribution in [-0.2, 0) is 6.54 Å². The molecule has 2 aromatic carbocycles. The van der Waals surface area contributed by atoms with Gasteiger partial charge < -0.3 is 17.7 Å². The smallest absolute Gasteiger partial charge is 0.193 e. The summed E-state index contributed by atoms with van der Waals surface area (Å²) < 4.78 is 0. The second-order valence-electron chi connectivity index (χ2n) is 4.01. The minimum absolute atomic E-state index is 0. The maximum absolute atomic E-state index is 12.2. The summed E-state index contributed by atoms with van der Waals surface area (Å²) in [5.74, 6) is 0.0866. The number of carbonyl (C=O) groups is 1. The van der Waals surface area contributed by atoms with Gasteiger partial charge in [-0.25, -0.2) is 0 Å². The van der Waals surface area contributed by atoms with E-state index < -0.39 is 0 Å². The number of nitrogens with two attached hydrogens (primary N) is 1. The molecule has 0 saturated heterocycles. The maximum atomic E-state index is 12.2. The minimum atomic E-state index is 0. The van der Waals surface area contributed by atoms with E-state index >= 15 is 0 Å². The van der Waals surface area contributed by atoms with Crippen LogP contribution in [0.2, 0.25) is 0 Å². The van der Waals surface area contributed by atoms with Crippen molar-refractivity contribution >= 4 is 5.78 Å². The summed E-state index contributed by atoms with van der Waals surface area (Å²) in [6.45, 7) is 0.899. The Bertz CT molecular complexity index is 511. The highest BCUT2D eigenvalue weighted by molar-refractivity contribution is 6.09. The Hall–Kier alpha value is -1.64. The molecule has 2 aromatic rings. The molecule has 0 aliphatic rings. The molecule has 0 heterocycles. The number of benzene rings is 2. The molecule has 0 bridgehead atoms. The minimum Gasteiger partial charge on any atom is -1.00 e. The molecule has 0 saturated carbocycles. The van der Waals surface area contributed by atoms with Gasteiger partial charge in [-0.15, -0.1) is 0 Å². The van der Waals surface area contributed by atoms with Gasteiger partial charge in [-0.2, -0.15) is 0 Å². The van der Waals surface area contributed by atoms with E-state index in [4.69, 9.17) is 0 Å². The van der Waals surface area contributed by atoms with Crippen LogP contribution in [0.4, 0.5) is 0 Å². The van der Waals surface area contributed by atoms with Crippen molar-refractivity contribution in [3.8, 4) is 0 Å². The number of quaternary nitrogens is 1. The first kappa shape index (κ1) is 14.4. The Morgan fingerprint density at radius 1 is 1.00 bits per heavy atom. The van der Waals surface area contributed by atoms with E-state index in [-0.39, 0.29) is 18.2 Å². The van der Waals surface area contributed by atoms with Crippen LogP contribution in [-0.4, -0.2) is 12.8 Å². The van der Waals surface area contributed by atoms with Gasteiger partial charge in [0.1, 0.15) is 6.54 Å². The first-order valence-electron chi connectivity index (χ1n) is 5.78. The summed E-state index contributed by atoms with van der Waals surface area (Å²) in [6, 6.07) is 17.2. The molecule has 0 atom stereocenters. The van der Waals surface area contributed by atoms with E-state index in [0.29, 0.717) is 0 Å². The van der Waals surface area contributed by atoms with Crippen LogP contribution in [0, 0.1) is 0 Å². The number of hydrogen-bond acceptors (Lipinski definition) is 1. The van der Waals surface area contributed by atoms with E-state index in [9.17, 15) is 4.79 Å². The number of rotatable bonds is 4. The van der Waals surface area contributed by atoms with Gasteiger partial charge >= 0.3 is 0 Å². The van der Waals surface area contributed by atoms with Gasteiger partial charge in [0, 0.05) is 16.7 Å². The summed E-state index contributed by atoms with van der Waals surface area (Å²) in [5, 5.41) is 2.09. The van der Waals surface area contributed by atoms with E-state index in [1.54, 1.807) is 0 Å². The van der Waals surface area contributed by atoms with Gasteiger partial charge in [-0.05, 0) is 6.07 Å². The summed E-state index contributed by atoms with van der Waals surface area (Å²) in [5.41, 5.74) is 2.68. The monoisotopic (exact) mass is 261 g/mol. The molecule has 0 aliphatic carbocycles. The molecule has 0 fully saturated rings. The van der Waals surface area contributed by atoms with E-state index in [1.807, 2.05) is 61.6 Å². The molecule has 18 heavy (non-hydrogen) atoms. The lowest BCUT2D eigenvalue weighted by atomic mass is 10.0. The lowest BCUT2D eigenvalue weighted by molar-refractivity contribution is -0.643. The number of halogens is 1. The Kier molecular flexibility index (Phi) is 5.56. The fourth-order valence-corrected chi connectivity index (χ4v) is 1.83. The maximum Gasteiger partial charge on any atom is 0.193 e. The second-order valence-corrected chi connectivity index (χ2v) is 4.01.